The molecular weight excluding hydrogens is 314 g/mol. The molecule has 1 aromatic carbocycles. The van der Waals surface area contributed by atoms with Gasteiger partial charge in [-0.15, -0.1) is 5.10 Å². The highest BCUT2D eigenvalue weighted by molar-refractivity contribution is 7.91. The van der Waals surface area contributed by atoms with Crippen molar-refractivity contribution in [2.24, 2.45) is 0 Å². The maximum atomic E-state index is 11.8. The smallest absolute Gasteiger partial charge is 0.182 e. The Kier molecular flexibility index (Phi) is 3.18. The highest BCUT2D eigenvalue weighted by atomic mass is 35.5. The van der Waals surface area contributed by atoms with Crippen molar-refractivity contribution >= 4 is 27.1 Å². The Morgan fingerprint density at radius 3 is 2.81 bits per heavy atom. The average Bonchev–Trinajstić information content (AvgIpc) is 2.98. The van der Waals surface area contributed by atoms with Crippen LogP contribution in [0.4, 0.5) is 5.69 Å². The maximum absolute atomic E-state index is 11.8. The lowest BCUT2D eigenvalue weighted by atomic mass is 10.0. The van der Waals surface area contributed by atoms with Crippen molar-refractivity contribution in [2.75, 3.05) is 17.2 Å². The molecule has 2 N–H and O–H groups in total. The van der Waals surface area contributed by atoms with Gasteiger partial charge in [0.25, 0.3) is 0 Å². The molecule has 2 aromatic rings. The summed E-state index contributed by atoms with van der Waals surface area (Å²) < 4.78 is 25.1. The molecule has 1 fully saturated rings. The Morgan fingerprint density at radius 2 is 2.19 bits per heavy atom. The largest absolute Gasteiger partial charge is 0.398 e. The Bertz CT molecular complexity index is 804. The molecule has 1 aromatic heterocycles. The average molecular weight is 328 g/mol. The minimum Gasteiger partial charge on any atom is -0.398 e. The number of tetrazole rings is 1. The molecule has 0 saturated carbocycles. The van der Waals surface area contributed by atoms with E-state index >= 15 is 0 Å². The van der Waals surface area contributed by atoms with E-state index in [9.17, 15) is 8.42 Å². The van der Waals surface area contributed by atoms with Gasteiger partial charge in [0.2, 0.25) is 0 Å². The molecule has 7 nitrogen and oxygen atoms in total. The second kappa shape index (κ2) is 4.67. The third kappa shape index (κ3) is 2.49. The highest BCUT2D eigenvalue weighted by Gasteiger charge is 2.42. The molecule has 3 rings (SSSR count). The molecule has 0 amide bonds. The SMILES string of the molecule is CC1(n2nnnc2-c2ccc(N)c(Cl)c2)CCS(=O)(=O)C1. The lowest BCUT2D eigenvalue weighted by Crippen LogP contribution is -2.33. The van der Waals surface area contributed by atoms with Gasteiger partial charge >= 0.3 is 0 Å². The molecule has 1 aliphatic heterocycles. The van der Waals surface area contributed by atoms with Gasteiger partial charge in [-0.3, -0.25) is 0 Å². The maximum Gasteiger partial charge on any atom is 0.182 e. The van der Waals surface area contributed by atoms with Crippen LogP contribution in [0.5, 0.6) is 0 Å². The Hall–Kier alpha value is -1.67. The van der Waals surface area contributed by atoms with Gasteiger partial charge in [0.1, 0.15) is 0 Å². The number of nitrogens with zero attached hydrogens (tertiary/aromatic N) is 4. The summed E-state index contributed by atoms with van der Waals surface area (Å²) in [6.45, 7) is 1.84. The van der Waals surface area contributed by atoms with Gasteiger partial charge in [-0.05, 0) is 42.0 Å². The van der Waals surface area contributed by atoms with Gasteiger partial charge in [-0.2, -0.15) is 0 Å². The van der Waals surface area contributed by atoms with Crippen molar-refractivity contribution in [3.63, 3.8) is 0 Å². The molecule has 2 heterocycles. The van der Waals surface area contributed by atoms with E-state index in [-0.39, 0.29) is 11.5 Å². The number of nitrogens with two attached hydrogens (primary N) is 1. The van der Waals surface area contributed by atoms with Crippen molar-refractivity contribution in [1.82, 2.24) is 20.2 Å². The molecule has 21 heavy (non-hydrogen) atoms. The number of benzene rings is 1. The van der Waals surface area contributed by atoms with Crippen LogP contribution in [-0.2, 0) is 15.4 Å². The zero-order chi connectivity index (χ0) is 15.3. The van der Waals surface area contributed by atoms with E-state index in [2.05, 4.69) is 15.5 Å². The molecule has 0 radical (unpaired) electrons. The Labute approximate surface area is 127 Å². The second-order valence-electron chi connectivity index (χ2n) is 5.49. The van der Waals surface area contributed by atoms with Gasteiger partial charge in [0.15, 0.2) is 15.7 Å². The van der Waals surface area contributed by atoms with E-state index in [0.717, 1.165) is 0 Å². The van der Waals surface area contributed by atoms with Crippen LogP contribution in [0, 0.1) is 0 Å². The Morgan fingerprint density at radius 1 is 1.43 bits per heavy atom. The molecule has 1 saturated heterocycles. The minimum atomic E-state index is -3.06. The van der Waals surface area contributed by atoms with Crippen LogP contribution < -0.4 is 5.73 Å². The predicted molar refractivity (Wildman–Crippen MR) is 79.6 cm³/mol. The number of hydrogen-bond donors (Lipinski definition) is 1. The van der Waals surface area contributed by atoms with Crippen LogP contribution in [0.3, 0.4) is 0 Å². The summed E-state index contributed by atoms with van der Waals surface area (Å²) in [6, 6.07) is 5.10. The molecular formula is C12H14ClN5O2S. The van der Waals surface area contributed by atoms with Crippen LogP contribution in [0.1, 0.15) is 13.3 Å². The van der Waals surface area contributed by atoms with E-state index in [4.69, 9.17) is 17.3 Å². The lowest BCUT2D eigenvalue weighted by Gasteiger charge is -2.23. The molecule has 1 unspecified atom stereocenters. The van der Waals surface area contributed by atoms with E-state index in [1.54, 1.807) is 22.9 Å². The van der Waals surface area contributed by atoms with E-state index in [1.165, 1.54) is 0 Å². The standard InChI is InChI=1S/C12H14ClN5O2S/c1-12(4-5-21(19,20)7-12)18-11(15-16-17-18)8-2-3-10(14)9(13)6-8/h2-3,6H,4-5,7,14H2,1H3. The number of halogens is 1. The molecule has 9 heteroatoms. The van der Waals surface area contributed by atoms with Crippen molar-refractivity contribution < 1.29 is 8.42 Å². The number of sulfone groups is 1. The van der Waals surface area contributed by atoms with Crippen molar-refractivity contribution in [2.45, 2.75) is 18.9 Å². The fourth-order valence-electron chi connectivity index (χ4n) is 2.56. The summed E-state index contributed by atoms with van der Waals surface area (Å²) in [5.41, 5.74) is 6.21. The van der Waals surface area contributed by atoms with Crippen LogP contribution in [0.25, 0.3) is 11.4 Å². The molecule has 1 atom stereocenters. The summed E-state index contributed by atoms with van der Waals surface area (Å²) in [7, 11) is -3.06. The van der Waals surface area contributed by atoms with Crippen LogP contribution in [-0.4, -0.2) is 40.1 Å². The first-order chi connectivity index (χ1) is 9.81. The van der Waals surface area contributed by atoms with Crippen LogP contribution in [0.15, 0.2) is 18.2 Å². The zero-order valence-electron chi connectivity index (χ0n) is 11.3. The van der Waals surface area contributed by atoms with Gasteiger partial charge in [-0.1, -0.05) is 11.6 Å². The summed E-state index contributed by atoms with van der Waals surface area (Å²) in [5.74, 6) is 0.656. The number of hydrogen-bond acceptors (Lipinski definition) is 6. The number of anilines is 1. The summed E-state index contributed by atoms with van der Waals surface area (Å²) in [6.07, 6.45) is 0.482. The summed E-state index contributed by atoms with van der Waals surface area (Å²) in [5, 5.41) is 12.1. The second-order valence-corrected chi connectivity index (χ2v) is 8.08. The lowest BCUT2D eigenvalue weighted by molar-refractivity contribution is 0.325. The van der Waals surface area contributed by atoms with E-state index in [0.29, 0.717) is 28.5 Å². The normalized spacial score (nSPS) is 24.3. The molecule has 0 bridgehead atoms. The molecule has 0 aliphatic carbocycles. The van der Waals surface area contributed by atoms with Gasteiger partial charge < -0.3 is 5.73 Å². The summed E-state index contributed by atoms with van der Waals surface area (Å²) >= 11 is 6.02. The minimum absolute atomic E-state index is 0.0285. The number of nitrogen functional groups attached to an aromatic ring is 1. The van der Waals surface area contributed by atoms with E-state index in [1.807, 2.05) is 6.92 Å². The quantitative estimate of drug-likeness (QED) is 0.829. The van der Waals surface area contributed by atoms with Gasteiger partial charge in [0.05, 0.1) is 27.8 Å². The van der Waals surface area contributed by atoms with Gasteiger partial charge in [-0.25, -0.2) is 13.1 Å². The summed E-state index contributed by atoms with van der Waals surface area (Å²) in [4.78, 5) is 0. The fourth-order valence-corrected chi connectivity index (χ4v) is 4.85. The fraction of sp³-hybridized carbons (Fsp3) is 0.417. The number of rotatable bonds is 2. The Balaban J connectivity index is 2.07. The van der Waals surface area contributed by atoms with Crippen molar-refractivity contribution in [3.8, 4) is 11.4 Å². The first kappa shape index (κ1) is 14.3. The van der Waals surface area contributed by atoms with Crippen molar-refractivity contribution in [3.05, 3.63) is 23.2 Å². The molecule has 0 spiro atoms. The first-order valence-electron chi connectivity index (χ1n) is 6.35. The third-order valence-electron chi connectivity index (χ3n) is 3.72. The number of aromatic nitrogens is 4. The topological polar surface area (TPSA) is 104 Å². The van der Waals surface area contributed by atoms with E-state index < -0.39 is 15.4 Å². The zero-order valence-corrected chi connectivity index (χ0v) is 12.9. The third-order valence-corrected chi connectivity index (χ3v) is 5.94. The van der Waals surface area contributed by atoms with Crippen molar-refractivity contribution in [1.29, 1.82) is 0 Å². The van der Waals surface area contributed by atoms with Crippen LogP contribution >= 0.6 is 11.6 Å². The first-order valence-corrected chi connectivity index (χ1v) is 8.55. The molecule has 1 aliphatic rings. The monoisotopic (exact) mass is 327 g/mol. The molecule has 112 valence electrons. The van der Waals surface area contributed by atoms with Gasteiger partial charge in [0, 0.05) is 5.56 Å². The predicted octanol–water partition coefficient (Wildman–Crippen LogP) is 1.11. The highest BCUT2D eigenvalue weighted by Crippen LogP contribution is 2.34. The van der Waals surface area contributed by atoms with Crippen LogP contribution in [0.2, 0.25) is 5.02 Å².